The fourth-order valence-electron chi connectivity index (χ4n) is 3.18. The highest BCUT2D eigenvalue weighted by molar-refractivity contribution is 5.79. The maximum atomic E-state index is 12.9. The van der Waals surface area contributed by atoms with E-state index in [-0.39, 0.29) is 12.5 Å². The molecule has 0 atom stereocenters. The number of rotatable bonds is 4. The molecule has 1 N–H and O–H groups in total. The Kier molecular flexibility index (Phi) is 6.49. The molecule has 2 amide bonds. The maximum Gasteiger partial charge on any atom is 0.416 e. The van der Waals surface area contributed by atoms with Crippen molar-refractivity contribution in [3.05, 3.63) is 54.1 Å². The second-order valence-corrected chi connectivity index (χ2v) is 6.83. The number of carbonyl (C=O) groups is 2. The molecule has 0 aliphatic carbocycles. The van der Waals surface area contributed by atoms with E-state index in [1.807, 2.05) is 12.1 Å². The minimum atomic E-state index is -4.38. The fraction of sp³-hybridized carbons (Fsp3) is 0.333. The number of benzene rings is 2. The topological polar surface area (TPSA) is 61.9 Å². The Labute approximate surface area is 172 Å². The van der Waals surface area contributed by atoms with Crippen LogP contribution in [0.25, 0.3) is 11.1 Å². The second kappa shape index (κ2) is 9.06. The van der Waals surface area contributed by atoms with Crippen LogP contribution in [-0.4, -0.2) is 56.7 Å². The monoisotopic (exact) mass is 421 g/mol. The average Bonchev–Trinajstić information content (AvgIpc) is 2.77. The molecule has 1 fully saturated rings. The Bertz CT molecular complexity index is 892. The fourth-order valence-corrected chi connectivity index (χ4v) is 3.18. The van der Waals surface area contributed by atoms with E-state index < -0.39 is 17.8 Å². The third kappa shape index (κ3) is 5.22. The van der Waals surface area contributed by atoms with Gasteiger partial charge in [0.25, 0.3) is 5.91 Å². The summed E-state index contributed by atoms with van der Waals surface area (Å²) >= 11 is 0. The molecule has 2 aromatic carbocycles. The van der Waals surface area contributed by atoms with Crippen molar-refractivity contribution in [3.63, 3.8) is 0 Å². The normalized spacial score (nSPS) is 14.4. The summed E-state index contributed by atoms with van der Waals surface area (Å²) in [7, 11) is 1.47. The Hall–Kier alpha value is -3.23. The predicted molar refractivity (Wildman–Crippen MR) is 106 cm³/mol. The Morgan fingerprint density at radius 3 is 2.27 bits per heavy atom. The van der Waals surface area contributed by atoms with Crippen molar-refractivity contribution < 1.29 is 27.5 Å². The van der Waals surface area contributed by atoms with Crippen molar-refractivity contribution in [2.45, 2.75) is 6.18 Å². The molecule has 0 spiro atoms. The van der Waals surface area contributed by atoms with Crippen LogP contribution in [0.15, 0.2) is 48.5 Å². The van der Waals surface area contributed by atoms with Gasteiger partial charge in [-0.2, -0.15) is 13.2 Å². The van der Waals surface area contributed by atoms with Crippen LogP contribution in [0.4, 0.5) is 23.7 Å². The maximum absolute atomic E-state index is 12.9. The molecule has 2 aromatic rings. The van der Waals surface area contributed by atoms with Crippen LogP contribution >= 0.6 is 0 Å². The number of nitrogens with one attached hydrogen (secondary N) is 1. The van der Waals surface area contributed by atoms with Crippen molar-refractivity contribution in [2.75, 3.05) is 44.7 Å². The Morgan fingerprint density at radius 1 is 1.00 bits per heavy atom. The van der Waals surface area contributed by atoms with Gasteiger partial charge in [0.15, 0.2) is 6.61 Å². The molecule has 1 heterocycles. The molecule has 0 radical (unpaired) electrons. The summed E-state index contributed by atoms with van der Waals surface area (Å²) < 4.78 is 43.7. The SMILES string of the molecule is CNC(=O)COC(=O)N1CCN(c2ccc(-c3cccc(C(F)(F)F)c3)cc2)CC1. The van der Waals surface area contributed by atoms with Gasteiger partial charge < -0.3 is 19.9 Å². The van der Waals surface area contributed by atoms with E-state index in [1.54, 1.807) is 18.2 Å². The molecule has 1 aliphatic heterocycles. The lowest BCUT2D eigenvalue weighted by atomic mass is 10.0. The smallest absolute Gasteiger partial charge is 0.416 e. The summed E-state index contributed by atoms with van der Waals surface area (Å²) in [5.74, 6) is -0.372. The van der Waals surface area contributed by atoms with Crippen molar-refractivity contribution in [1.82, 2.24) is 10.2 Å². The lowest BCUT2D eigenvalue weighted by Gasteiger charge is -2.35. The van der Waals surface area contributed by atoms with Crippen molar-refractivity contribution in [2.24, 2.45) is 0 Å². The van der Waals surface area contributed by atoms with Crippen LogP contribution in [0.2, 0.25) is 0 Å². The van der Waals surface area contributed by atoms with Gasteiger partial charge >= 0.3 is 12.3 Å². The number of carbonyl (C=O) groups excluding carboxylic acids is 2. The molecular formula is C21H22F3N3O3. The molecule has 3 rings (SSSR count). The van der Waals surface area contributed by atoms with Gasteiger partial charge in [-0.05, 0) is 35.4 Å². The number of amides is 2. The van der Waals surface area contributed by atoms with E-state index in [0.29, 0.717) is 37.3 Å². The molecule has 0 bridgehead atoms. The van der Waals surface area contributed by atoms with Crippen LogP contribution < -0.4 is 10.2 Å². The van der Waals surface area contributed by atoms with E-state index in [4.69, 9.17) is 4.74 Å². The highest BCUT2D eigenvalue weighted by Gasteiger charge is 2.30. The number of nitrogens with zero attached hydrogens (tertiary/aromatic N) is 2. The summed E-state index contributed by atoms with van der Waals surface area (Å²) in [6.07, 6.45) is -4.91. The number of alkyl halides is 3. The molecule has 0 unspecified atom stereocenters. The van der Waals surface area contributed by atoms with Gasteiger partial charge in [-0.25, -0.2) is 4.79 Å². The highest BCUT2D eigenvalue weighted by atomic mass is 19.4. The molecule has 9 heteroatoms. The first-order chi connectivity index (χ1) is 14.3. The summed E-state index contributed by atoms with van der Waals surface area (Å²) in [5.41, 5.74) is 1.44. The third-order valence-corrected chi connectivity index (χ3v) is 4.90. The van der Waals surface area contributed by atoms with Gasteiger partial charge in [0, 0.05) is 38.9 Å². The molecule has 160 valence electrons. The average molecular weight is 421 g/mol. The third-order valence-electron chi connectivity index (χ3n) is 4.90. The van der Waals surface area contributed by atoms with Gasteiger partial charge in [0.05, 0.1) is 5.56 Å². The second-order valence-electron chi connectivity index (χ2n) is 6.83. The van der Waals surface area contributed by atoms with Gasteiger partial charge in [-0.1, -0.05) is 24.3 Å². The molecule has 0 aromatic heterocycles. The number of halogens is 3. The molecule has 0 saturated carbocycles. The molecule has 1 saturated heterocycles. The van der Waals surface area contributed by atoms with Crippen molar-refractivity contribution in [3.8, 4) is 11.1 Å². The summed E-state index contributed by atoms with van der Waals surface area (Å²) in [6, 6.07) is 12.5. The first-order valence-corrected chi connectivity index (χ1v) is 9.43. The lowest BCUT2D eigenvalue weighted by Crippen LogP contribution is -2.49. The number of likely N-dealkylation sites (N-methyl/N-ethyl adjacent to an activating group) is 1. The van der Waals surface area contributed by atoms with Crippen LogP contribution in [0.5, 0.6) is 0 Å². The first kappa shape index (κ1) is 21.5. The van der Waals surface area contributed by atoms with E-state index in [0.717, 1.165) is 17.8 Å². The van der Waals surface area contributed by atoms with Crippen LogP contribution in [0, 0.1) is 0 Å². The summed E-state index contributed by atoms with van der Waals surface area (Å²) in [6.45, 7) is 1.74. The number of piperazine rings is 1. The minimum absolute atomic E-state index is 0.313. The Morgan fingerprint density at radius 2 is 1.67 bits per heavy atom. The number of hydrogen-bond acceptors (Lipinski definition) is 4. The standard InChI is InChI=1S/C21H22F3N3O3/c1-25-19(28)14-30-20(29)27-11-9-26(10-12-27)18-7-5-15(6-8-18)16-3-2-4-17(13-16)21(22,23)24/h2-8,13H,9-12,14H2,1H3,(H,25,28). The van der Waals surface area contributed by atoms with Crippen LogP contribution in [0.3, 0.4) is 0 Å². The number of ether oxygens (including phenoxy) is 1. The molecule has 30 heavy (non-hydrogen) atoms. The van der Waals surface area contributed by atoms with Crippen LogP contribution in [-0.2, 0) is 15.7 Å². The van der Waals surface area contributed by atoms with Crippen LogP contribution in [0.1, 0.15) is 5.56 Å². The lowest BCUT2D eigenvalue weighted by molar-refractivity contribution is -0.137. The van der Waals surface area contributed by atoms with E-state index in [9.17, 15) is 22.8 Å². The van der Waals surface area contributed by atoms with Crippen molar-refractivity contribution >= 4 is 17.7 Å². The Balaban J connectivity index is 1.59. The number of anilines is 1. The van der Waals surface area contributed by atoms with E-state index >= 15 is 0 Å². The molecule has 1 aliphatic rings. The highest BCUT2D eigenvalue weighted by Crippen LogP contribution is 2.32. The van der Waals surface area contributed by atoms with Gasteiger partial charge in [-0.3, -0.25) is 4.79 Å². The van der Waals surface area contributed by atoms with E-state index in [2.05, 4.69) is 10.2 Å². The summed E-state index contributed by atoms with van der Waals surface area (Å²) in [4.78, 5) is 26.8. The zero-order valence-corrected chi connectivity index (χ0v) is 16.4. The largest absolute Gasteiger partial charge is 0.439 e. The minimum Gasteiger partial charge on any atom is -0.439 e. The molecular weight excluding hydrogens is 399 g/mol. The quantitative estimate of drug-likeness (QED) is 0.822. The van der Waals surface area contributed by atoms with Gasteiger partial charge in [-0.15, -0.1) is 0 Å². The first-order valence-electron chi connectivity index (χ1n) is 9.43. The zero-order chi connectivity index (χ0) is 21.7. The summed E-state index contributed by atoms with van der Waals surface area (Å²) in [5, 5.41) is 2.38. The van der Waals surface area contributed by atoms with E-state index in [1.165, 1.54) is 18.0 Å². The zero-order valence-electron chi connectivity index (χ0n) is 16.4. The van der Waals surface area contributed by atoms with Crippen molar-refractivity contribution in [1.29, 1.82) is 0 Å². The predicted octanol–water partition coefficient (Wildman–Crippen LogP) is 3.38. The molecule has 6 nitrogen and oxygen atoms in total. The van der Waals surface area contributed by atoms with Gasteiger partial charge in [0.1, 0.15) is 0 Å². The van der Waals surface area contributed by atoms with Gasteiger partial charge in [0.2, 0.25) is 0 Å². The number of hydrogen-bond donors (Lipinski definition) is 1.